The fourth-order valence-electron chi connectivity index (χ4n) is 4.65. The molecular formula is C35H27BrN2O2S. The Bertz CT molecular complexity index is 1760. The summed E-state index contributed by atoms with van der Waals surface area (Å²) in [5.74, 6) is 0.655. The van der Waals surface area contributed by atoms with Crippen molar-refractivity contribution >= 4 is 61.3 Å². The predicted molar refractivity (Wildman–Crippen MR) is 173 cm³/mol. The normalized spacial score (nSPS) is 15.3. The van der Waals surface area contributed by atoms with Gasteiger partial charge in [0.05, 0.1) is 17.1 Å². The molecule has 0 bridgehead atoms. The smallest absolute Gasteiger partial charge is 0.267 e. The Balaban J connectivity index is 1.39. The van der Waals surface area contributed by atoms with Gasteiger partial charge in [-0.2, -0.15) is 0 Å². The Kier molecular flexibility index (Phi) is 8.03. The molecule has 4 nitrogen and oxygen atoms in total. The van der Waals surface area contributed by atoms with Crippen molar-refractivity contribution in [1.29, 1.82) is 0 Å². The topological polar surface area (TPSA) is 41.9 Å². The first-order valence-corrected chi connectivity index (χ1v) is 14.9. The molecule has 1 amide bonds. The molecule has 0 aliphatic carbocycles. The number of fused-ring (bicyclic) bond motifs is 1. The second kappa shape index (κ2) is 12.2. The number of thioether (sulfide) groups is 1. The molecule has 6 heteroatoms. The predicted octanol–water partition coefficient (Wildman–Crippen LogP) is 9.29. The van der Waals surface area contributed by atoms with E-state index in [4.69, 9.17) is 9.73 Å². The van der Waals surface area contributed by atoms with E-state index in [1.165, 1.54) is 11.8 Å². The first-order chi connectivity index (χ1) is 20.0. The van der Waals surface area contributed by atoms with Gasteiger partial charge in [-0.3, -0.25) is 9.69 Å². The Hall–Kier alpha value is -4.13. The standard InChI is InChI=1S/C35H27BrN2O2S/c1-24-11-18-29(19-12-24)37-35-38(22-25-7-3-2-4-8-25)34(39)33(41-35)21-31-30-10-6-5-9-27(30)15-20-32(31)40-23-26-13-16-28(36)17-14-26/h2-21H,22-23H2,1H3/b33-21+,37-35?. The van der Waals surface area contributed by atoms with Crippen LogP contribution >= 0.6 is 27.7 Å². The van der Waals surface area contributed by atoms with Gasteiger partial charge in [-0.05, 0) is 77.0 Å². The average Bonchev–Trinajstić information content (AvgIpc) is 3.28. The van der Waals surface area contributed by atoms with Gasteiger partial charge >= 0.3 is 0 Å². The van der Waals surface area contributed by atoms with Crippen LogP contribution in [0.1, 0.15) is 22.3 Å². The van der Waals surface area contributed by atoms with Gasteiger partial charge in [0.2, 0.25) is 0 Å². The highest BCUT2D eigenvalue weighted by Crippen LogP contribution is 2.38. The van der Waals surface area contributed by atoms with Crippen molar-refractivity contribution in [2.75, 3.05) is 0 Å². The number of benzene rings is 5. The van der Waals surface area contributed by atoms with Crippen LogP contribution in [-0.4, -0.2) is 16.0 Å². The molecule has 0 N–H and O–H groups in total. The number of aryl methyl sites for hydroxylation is 1. The molecule has 0 aromatic heterocycles. The summed E-state index contributed by atoms with van der Waals surface area (Å²) in [5, 5.41) is 2.77. The number of carbonyl (C=O) groups excluding carboxylic acids is 1. The second-order valence-corrected chi connectivity index (χ2v) is 11.8. The summed E-state index contributed by atoms with van der Waals surface area (Å²) < 4.78 is 7.37. The molecule has 41 heavy (non-hydrogen) atoms. The zero-order valence-corrected chi connectivity index (χ0v) is 24.9. The van der Waals surface area contributed by atoms with Crippen LogP contribution in [0.25, 0.3) is 16.8 Å². The lowest BCUT2D eigenvalue weighted by Gasteiger charge is -2.16. The zero-order chi connectivity index (χ0) is 28.2. The van der Waals surface area contributed by atoms with E-state index >= 15 is 0 Å². The average molecular weight is 620 g/mol. The molecule has 1 heterocycles. The van der Waals surface area contributed by atoms with Crippen LogP contribution in [0.15, 0.2) is 130 Å². The first kappa shape index (κ1) is 27.1. The van der Waals surface area contributed by atoms with Gasteiger partial charge in [0, 0.05) is 10.0 Å². The van der Waals surface area contributed by atoms with E-state index in [9.17, 15) is 4.79 Å². The maximum Gasteiger partial charge on any atom is 0.267 e. The maximum atomic E-state index is 13.9. The summed E-state index contributed by atoms with van der Waals surface area (Å²) in [6.07, 6.45) is 1.96. The highest BCUT2D eigenvalue weighted by Gasteiger charge is 2.34. The van der Waals surface area contributed by atoms with Crippen molar-refractivity contribution in [1.82, 2.24) is 4.90 Å². The fraction of sp³-hybridized carbons (Fsp3) is 0.0857. The van der Waals surface area contributed by atoms with Gasteiger partial charge in [-0.1, -0.05) is 106 Å². The molecule has 0 saturated carbocycles. The lowest BCUT2D eigenvalue weighted by atomic mass is 10.0. The van der Waals surface area contributed by atoms with Gasteiger partial charge < -0.3 is 4.74 Å². The highest BCUT2D eigenvalue weighted by molar-refractivity contribution is 9.10. The summed E-state index contributed by atoms with van der Waals surface area (Å²) in [6, 6.07) is 38.3. The molecular weight excluding hydrogens is 592 g/mol. The van der Waals surface area contributed by atoms with E-state index in [2.05, 4.69) is 34.1 Å². The quantitative estimate of drug-likeness (QED) is 0.171. The van der Waals surface area contributed by atoms with Crippen molar-refractivity contribution in [3.05, 3.63) is 147 Å². The highest BCUT2D eigenvalue weighted by atomic mass is 79.9. The van der Waals surface area contributed by atoms with Crippen LogP contribution in [0.3, 0.4) is 0 Å². The van der Waals surface area contributed by atoms with Crippen LogP contribution < -0.4 is 4.74 Å². The molecule has 0 spiro atoms. The van der Waals surface area contributed by atoms with E-state index in [1.54, 1.807) is 4.90 Å². The number of rotatable bonds is 7. The van der Waals surface area contributed by atoms with Gasteiger partial charge in [-0.25, -0.2) is 4.99 Å². The van der Waals surface area contributed by atoms with Crippen molar-refractivity contribution in [3.8, 4) is 5.75 Å². The Morgan fingerprint density at radius 3 is 2.34 bits per heavy atom. The Morgan fingerprint density at radius 1 is 0.829 bits per heavy atom. The zero-order valence-electron chi connectivity index (χ0n) is 22.5. The summed E-state index contributed by atoms with van der Waals surface area (Å²) in [4.78, 5) is 21.2. The van der Waals surface area contributed by atoms with E-state index in [-0.39, 0.29) is 5.91 Å². The Morgan fingerprint density at radius 2 is 1.56 bits per heavy atom. The molecule has 6 rings (SSSR count). The minimum atomic E-state index is -0.0727. The SMILES string of the molecule is Cc1ccc(N=C2S/C(=C/c3c(OCc4ccc(Br)cc4)ccc4ccccc34)C(=O)N2Cc2ccccc2)cc1. The fourth-order valence-corrected chi connectivity index (χ4v) is 5.89. The van der Waals surface area contributed by atoms with Crippen molar-refractivity contribution in [2.45, 2.75) is 20.1 Å². The molecule has 1 aliphatic rings. The van der Waals surface area contributed by atoms with Crippen LogP contribution in [0.2, 0.25) is 0 Å². The number of carbonyl (C=O) groups is 1. The molecule has 0 atom stereocenters. The molecule has 1 aliphatic heterocycles. The van der Waals surface area contributed by atoms with Crippen molar-refractivity contribution < 1.29 is 9.53 Å². The van der Waals surface area contributed by atoms with E-state index in [1.807, 2.05) is 110 Å². The third kappa shape index (κ3) is 6.29. The number of amides is 1. The Labute approximate surface area is 252 Å². The summed E-state index contributed by atoms with van der Waals surface area (Å²) in [7, 11) is 0. The van der Waals surface area contributed by atoms with E-state index < -0.39 is 0 Å². The molecule has 5 aromatic rings. The number of halogens is 1. The molecule has 0 radical (unpaired) electrons. The van der Waals surface area contributed by atoms with E-state index in [0.717, 1.165) is 48.9 Å². The van der Waals surface area contributed by atoms with Gasteiger partial charge in [-0.15, -0.1) is 0 Å². The summed E-state index contributed by atoms with van der Waals surface area (Å²) in [6.45, 7) is 2.91. The number of aliphatic imine (C=N–C) groups is 1. The lowest BCUT2D eigenvalue weighted by molar-refractivity contribution is -0.122. The summed E-state index contributed by atoms with van der Waals surface area (Å²) >= 11 is 4.89. The van der Waals surface area contributed by atoms with Crippen LogP contribution in [0.5, 0.6) is 5.75 Å². The minimum absolute atomic E-state index is 0.0727. The molecule has 5 aromatic carbocycles. The van der Waals surface area contributed by atoms with Crippen LogP contribution in [-0.2, 0) is 17.9 Å². The van der Waals surface area contributed by atoms with Gasteiger partial charge in [0.25, 0.3) is 5.91 Å². The van der Waals surface area contributed by atoms with Crippen LogP contribution in [0.4, 0.5) is 5.69 Å². The molecule has 1 saturated heterocycles. The third-order valence-corrected chi connectivity index (χ3v) is 8.38. The number of amidine groups is 1. The number of ether oxygens (including phenoxy) is 1. The summed E-state index contributed by atoms with van der Waals surface area (Å²) in [5.41, 5.74) is 4.97. The van der Waals surface area contributed by atoms with Gasteiger partial charge in [0.15, 0.2) is 5.17 Å². The number of nitrogens with zero attached hydrogens (tertiary/aromatic N) is 2. The number of hydrogen-bond donors (Lipinski definition) is 0. The molecule has 0 unspecified atom stereocenters. The first-order valence-electron chi connectivity index (χ1n) is 13.3. The maximum absolute atomic E-state index is 13.9. The van der Waals surface area contributed by atoms with Gasteiger partial charge in [0.1, 0.15) is 12.4 Å². The van der Waals surface area contributed by atoms with Crippen molar-refractivity contribution in [3.63, 3.8) is 0 Å². The second-order valence-electron chi connectivity index (χ2n) is 9.83. The molecule has 202 valence electrons. The largest absolute Gasteiger partial charge is 0.488 e. The van der Waals surface area contributed by atoms with Crippen LogP contribution in [0, 0.1) is 6.92 Å². The number of hydrogen-bond acceptors (Lipinski definition) is 4. The third-order valence-electron chi connectivity index (χ3n) is 6.84. The minimum Gasteiger partial charge on any atom is -0.488 e. The monoisotopic (exact) mass is 618 g/mol. The lowest BCUT2D eigenvalue weighted by Crippen LogP contribution is -2.28. The molecule has 1 fully saturated rings. The van der Waals surface area contributed by atoms with E-state index in [0.29, 0.717) is 23.2 Å². The van der Waals surface area contributed by atoms with Crippen molar-refractivity contribution in [2.24, 2.45) is 4.99 Å².